The van der Waals surface area contributed by atoms with E-state index >= 15 is 0 Å². The first-order chi connectivity index (χ1) is 15.9. The Bertz CT molecular complexity index is 1080. The van der Waals surface area contributed by atoms with E-state index in [9.17, 15) is 4.79 Å². The molecule has 0 bridgehead atoms. The zero-order valence-electron chi connectivity index (χ0n) is 19.9. The van der Waals surface area contributed by atoms with Gasteiger partial charge in [-0.15, -0.1) is 0 Å². The van der Waals surface area contributed by atoms with Crippen molar-refractivity contribution >= 4 is 5.97 Å². The van der Waals surface area contributed by atoms with Crippen LogP contribution in [-0.4, -0.2) is 24.2 Å². The summed E-state index contributed by atoms with van der Waals surface area (Å²) in [5.74, 6) is 1.82. The predicted octanol–water partition coefficient (Wildman–Crippen LogP) is 6.04. The van der Waals surface area contributed by atoms with Crippen molar-refractivity contribution < 1.29 is 23.4 Å². The van der Waals surface area contributed by atoms with Gasteiger partial charge in [0.1, 0.15) is 17.6 Å². The number of aromatic nitrogens is 1. The largest absolute Gasteiger partial charge is 0.493 e. The van der Waals surface area contributed by atoms with Crippen molar-refractivity contribution in [3.8, 4) is 17.2 Å². The molecule has 1 unspecified atom stereocenters. The summed E-state index contributed by atoms with van der Waals surface area (Å²) in [6, 6.07) is 13.9. The van der Waals surface area contributed by atoms with Crippen LogP contribution in [0.5, 0.6) is 5.75 Å². The number of ether oxygens (including phenoxy) is 3. The van der Waals surface area contributed by atoms with Gasteiger partial charge >= 0.3 is 5.97 Å². The van der Waals surface area contributed by atoms with Gasteiger partial charge in [0.25, 0.3) is 0 Å². The molecule has 0 radical (unpaired) electrons. The molecule has 2 aromatic carbocycles. The van der Waals surface area contributed by atoms with Gasteiger partial charge in [0.15, 0.2) is 0 Å². The van der Waals surface area contributed by atoms with E-state index in [-0.39, 0.29) is 6.10 Å². The summed E-state index contributed by atoms with van der Waals surface area (Å²) in [6.45, 7) is 10.5. The van der Waals surface area contributed by atoms with E-state index in [4.69, 9.17) is 18.6 Å². The molecule has 6 heteroatoms. The molecule has 1 atom stereocenters. The lowest BCUT2D eigenvalue weighted by Crippen LogP contribution is -2.06. The van der Waals surface area contributed by atoms with Crippen molar-refractivity contribution in [1.29, 1.82) is 0 Å². The Morgan fingerprint density at radius 1 is 1.12 bits per heavy atom. The number of carbonyl (C=O) groups is 1. The van der Waals surface area contributed by atoms with Crippen molar-refractivity contribution in [2.75, 3.05) is 13.2 Å². The molecule has 0 aliphatic carbocycles. The molecule has 6 nitrogen and oxygen atoms in total. The lowest BCUT2D eigenvalue weighted by Gasteiger charge is -2.19. The molecule has 0 fully saturated rings. The first-order valence-electron chi connectivity index (χ1n) is 11.1. The summed E-state index contributed by atoms with van der Waals surface area (Å²) in [4.78, 5) is 16.1. The van der Waals surface area contributed by atoms with Crippen LogP contribution in [0.1, 0.15) is 48.1 Å². The predicted molar refractivity (Wildman–Crippen MR) is 127 cm³/mol. The Morgan fingerprint density at radius 2 is 1.82 bits per heavy atom. The average Bonchev–Trinajstić information content (AvgIpc) is 3.14. The van der Waals surface area contributed by atoms with Crippen LogP contribution in [-0.2, 0) is 20.7 Å². The highest BCUT2D eigenvalue weighted by Gasteiger charge is 2.15. The molecule has 0 saturated carbocycles. The second-order valence-electron chi connectivity index (χ2n) is 7.79. The fourth-order valence-electron chi connectivity index (χ4n) is 3.76. The van der Waals surface area contributed by atoms with Crippen LogP contribution in [0.4, 0.5) is 0 Å². The molecule has 1 heterocycles. The van der Waals surface area contributed by atoms with E-state index in [1.807, 2.05) is 70.2 Å². The van der Waals surface area contributed by atoms with Gasteiger partial charge in [0, 0.05) is 12.0 Å². The monoisotopic (exact) mass is 449 g/mol. The van der Waals surface area contributed by atoms with Crippen LogP contribution in [0.2, 0.25) is 0 Å². The quantitative estimate of drug-likeness (QED) is 0.213. The Labute approximate surface area is 195 Å². The van der Waals surface area contributed by atoms with E-state index in [1.54, 1.807) is 6.92 Å². The van der Waals surface area contributed by atoms with E-state index in [1.165, 1.54) is 12.3 Å². The van der Waals surface area contributed by atoms with E-state index in [2.05, 4.69) is 4.98 Å². The van der Waals surface area contributed by atoms with Crippen LogP contribution in [0.15, 0.2) is 59.2 Å². The summed E-state index contributed by atoms with van der Waals surface area (Å²) in [5, 5.41) is 0. The van der Waals surface area contributed by atoms with E-state index in [0.717, 1.165) is 39.5 Å². The first kappa shape index (κ1) is 24.1. The highest BCUT2D eigenvalue weighted by atomic mass is 16.5. The van der Waals surface area contributed by atoms with Crippen molar-refractivity contribution in [2.45, 2.75) is 47.1 Å². The molecule has 0 amide bonds. The number of rotatable bonds is 10. The highest BCUT2D eigenvalue weighted by Crippen LogP contribution is 2.29. The Morgan fingerprint density at radius 3 is 2.48 bits per heavy atom. The Kier molecular flexibility index (Phi) is 8.30. The third-order valence-electron chi connectivity index (χ3n) is 5.27. The molecular weight excluding hydrogens is 418 g/mol. The van der Waals surface area contributed by atoms with Gasteiger partial charge in [0.2, 0.25) is 5.89 Å². The molecule has 3 rings (SSSR count). The fraction of sp³-hybridized carbons (Fsp3) is 0.333. The van der Waals surface area contributed by atoms with Crippen LogP contribution in [0, 0.1) is 20.8 Å². The molecule has 0 spiro atoms. The Hall–Kier alpha value is -3.54. The zero-order chi connectivity index (χ0) is 23.8. The van der Waals surface area contributed by atoms with Crippen LogP contribution < -0.4 is 4.74 Å². The van der Waals surface area contributed by atoms with E-state index in [0.29, 0.717) is 25.5 Å². The fourth-order valence-corrected chi connectivity index (χ4v) is 3.76. The molecule has 0 aliphatic rings. The van der Waals surface area contributed by atoms with Gasteiger partial charge in [-0.3, -0.25) is 0 Å². The standard InChI is InChI=1S/C27H31NO5/c1-6-30-25(29)13-15-31-21(5)26-18(2)16-23(17-19(26)3)32-14-12-24-20(4)33-27(28-24)22-10-8-7-9-11-22/h7-11,13,15-17,21H,6,12,14H2,1-5H3/b15-13+. The number of hydrogen-bond acceptors (Lipinski definition) is 6. The maximum Gasteiger partial charge on any atom is 0.333 e. The highest BCUT2D eigenvalue weighted by molar-refractivity contribution is 5.81. The van der Waals surface area contributed by atoms with Gasteiger partial charge in [-0.05, 0) is 75.6 Å². The van der Waals surface area contributed by atoms with Crippen molar-refractivity contribution in [3.63, 3.8) is 0 Å². The third-order valence-corrected chi connectivity index (χ3v) is 5.27. The number of hydrogen-bond donors (Lipinski definition) is 0. The average molecular weight is 450 g/mol. The minimum absolute atomic E-state index is 0.209. The van der Waals surface area contributed by atoms with Gasteiger partial charge in [-0.25, -0.2) is 9.78 Å². The number of nitrogens with zero attached hydrogens (tertiary/aromatic N) is 1. The lowest BCUT2D eigenvalue weighted by atomic mass is 9.98. The van der Waals surface area contributed by atoms with Crippen molar-refractivity contribution in [3.05, 3.63) is 82.9 Å². The van der Waals surface area contributed by atoms with E-state index < -0.39 is 5.97 Å². The van der Waals surface area contributed by atoms with Crippen molar-refractivity contribution in [1.82, 2.24) is 4.98 Å². The maximum atomic E-state index is 11.4. The number of oxazole rings is 1. The number of carbonyl (C=O) groups excluding carboxylic acids is 1. The zero-order valence-corrected chi connectivity index (χ0v) is 19.9. The summed E-state index contributed by atoms with van der Waals surface area (Å²) < 4.78 is 22.4. The van der Waals surface area contributed by atoms with Crippen LogP contribution >= 0.6 is 0 Å². The third kappa shape index (κ3) is 6.48. The molecule has 0 N–H and O–H groups in total. The lowest BCUT2D eigenvalue weighted by molar-refractivity contribution is -0.137. The minimum Gasteiger partial charge on any atom is -0.493 e. The summed E-state index contributed by atoms with van der Waals surface area (Å²) in [5.41, 5.74) is 5.05. The summed E-state index contributed by atoms with van der Waals surface area (Å²) in [7, 11) is 0. The molecule has 0 aliphatic heterocycles. The number of esters is 1. The van der Waals surface area contributed by atoms with Crippen LogP contribution in [0.3, 0.4) is 0 Å². The first-order valence-corrected chi connectivity index (χ1v) is 11.1. The second kappa shape index (κ2) is 11.4. The molecule has 1 aromatic heterocycles. The molecule has 174 valence electrons. The SMILES string of the molecule is CCOC(=O)/C=C/OC(C)c1c(C)cc(OCCc2nc(-c3ccccc3)oc2C)cc1C. The topological polar surface area (TPSA) is 70.8 Å². The second-order valence-corrected chi connectivity index (χ2v) is 7.79. The smallest absolute Gasteiger partial charge is 0.333 e. The number of benzene rings is 2. The Balaban J connectivity index is 1.59. The van der Waals surface area contributed by atoms with Gasteiger partial charge < -0.3 is 18.6 Å². The minimum atomic E-state index is -0.417. The van der Waals surface area contributed by atoms with Gasteiger partial charge in [0.05, 0.1) is 31.2 Å². The maximum absolute atomic E-state index is 11.4. The summed E-state index contributed by atoms with van der Waals surface area (Å²) in [6.07, 6.45) is 3.12. The molecule has 33 heavy (non-hydrogen) atoms. The molecule has 0 saturated heterocycles. The van der Waals surface area contributed by atoms with Gasteiger partial charge in [-0.1, -0.05) is 18.2 Å². The van der Waals surface area contributed by atoms with Crippen molar-refractivity contribution in [2.24, 2.45) is 0 Å². The molecule has 3 aromatic rings. The van der Waals surface area contributed by atoms with Gasteiger partial charge in [-0.2, -0.15) is 0 Å². The molecular formula is C27H31NO5. The normalized spacial score (nSPS) is 12.0. The number of aryl methyl sites for hydroxylation is 3. The summed E-state index contributed by atoms with van der Waals surface area (Å²) >= 11 is 0. The van der Waals surface area contributed by atoms with Crippen LogP contribution in [0.25, 0.3) is 11.5 Å².